The number of amides is 1. The fraction of sp³-hybridized carbons (Fsp3) is 0.350. The zero-order chi connectivity index (χ0) is 17.8. The second kappa shape index (κ2) is 7.83. The highest BCUT2D eigenvalue weighted by Crippen LogP contribution is 2.22. The van der Waals surface area contributed by atoms with Crippen LogP contribution in [0.5, 0.6) is 0 Å². The Morgan fingerprint density at radius 1 is 1.27 bits per heavy atom. The molecule has 0 radical (unpaired) electrons. The number of likely N-dealkylation sites (tertiary alicyclic amines) is 1. The van der Waals surface area contributed by atoms with Crippen molar-refractivity contribution in [3.05, 3.63) is 52.2 Å². The van der Waals surface area contributed by atoms with Gasteiger partial charge in [-0.1, -0.05) is 5.57 Å². The normalized spacial score (nSPS) is 17.1. The van der Waals surface area contributed by atoms with E-state index in [0.717, 1.165) is 62.4 Å². The second-order valence-corrected chi connectivity index (χ2v) is 7.36. The molecule has 2 aromatic rings. The Labute approximate surface area is 157 Å². The number of carbonyl (C=O) groups excluding carboxylic acids is 1. The molecule has 26 heavy (non-hydrogen) atoms. The van der Waals surface area contributed by atoms with Gasteiger partial charge in [-0.05, 0) is 72.6 Å². The number of nitrogens with one attached hydrogen (secondary N) is 1. The fourth-order valence-corrected chi connectivity index (χ4v) is 3.89. The lowest BCUT2D eigenvalue weighted by molar-refractivity contribution is -0.126. The molecular formula is C20H22N4OS. The van der Waals surface area contributed by atoms with Crippen molar-refractivity contribution in [2.75, 3.05) is 25.0 Å². The van der Waals surface area contributed by atoms with Gasteiger partial charge in [-0.15, -0.1) is 0 Å². The topological polar surface area (TPSA) is 58.1 Å². The number of aryl methyl sites for hydroxylation is 1. The van der Waals surface area contributed by atoms with E-state index in [1.807, 2.05) is 28.6 Å². The Hall–Kier alpha value is -2.47. The van der Waals surface area contributed by atoms with Crippen LogP contribution in [0.2, 0.25) is 0 Å². The van der Waals surface area contributed by atoms with Crippen molar-refractivity contribution in [1.29, 1.82) is 0 Å². The average molecular weight is 366 g/mol. The molecule has 2 aliphatic rings. The maximum atomic E-state index is 12.5. The smallest absolute Gasteiger partial charge is 0.246 e. The summed E-state index contributed by atoms with van der Waals surface area (Å²) in [5.74, 6) is 1.06. The quantitative estimate of drug-likeness (QED) is 0.843. The number of hydrogen-bond acceptors (Lipinski definition) is 5. The van der Waals surface area contributed by atoms with Crippen molar-refractivity contribution in [2.24, 2.45) is 0 Å². The van der Waals surface area contributed by atoms with E-state index in [1.54, 1.807) is 6.08 Å². The number of pyridine rings is 1. The van der Waals surface area contributed by atoms with Crippen LogP contribution in [0.3, 0.4) is 0 Å². The fourth-order valence-electron chi connectivity index (χ4n) is 3.39. The molecule has 0 spiro atoms. The highest BCUT2D eigenvalue weighted by molar-refractivity contribution is 7.03. The molecular weight excluding hydrogens is 344 g/mol. The first-order valence-electron chi connectivity index (χ1n) is 9.07. The molecule has 0 aliphatic carbocycles. The third-order valence-corrected chi connectivity index (χ3v) is 5.42. The van der Waals surface area contributed by atoms with E-state index < -0.39 is 0 Å². The van der Waals surface area contributed by atoms with Crippen LogP contribution in [0.1, 0.15) is 36.1 Å². The van der Waals surface area contributed by atoms with Crippen LogP contribution in [-0.4, -0.2) is 39.8 Å². The highest BCUT2D eigenvalue weighted by Gasteiger charge is 2.17. The summed E-state index contributed by atoms with van der Waals surface area (Å²) in [6, 6.07) is 4.16. The van der Waals surface area contributed by atoms with Crippen LogP contribution >= 0.6 is 11.5 Å². The molecule has 0 unspecified atom stereocenters. The van der Waals surface area contributed by atoms with Crippen LogP contribution in [0.4, 0.5) is 5.82 Å². The summed E-state index contributed by atoms with van der Waals surface area (Å²) in [6.07, 6.45) is 11.6. The molecule has 6 heteroatoms. The summed E-state index contributed by atoms with van der Waals surface area (Å²) in [7, 11) is 0. The van der Waals surface area contributed by atoms with Gasteiger partial charge in [0, 0.05) is 37.3 Å². The van der Waals surface area contributed by atoms with Crippen LogP contribution in [0.15, 0.2) is 35.4 Å². The van der Waals surface area contributed by atoms with Gasteiger partial charge in [0.15, 0.2) is 0 Å². The first-order chi connectivity index (χ1) is 12.8. The number of carbonyl (C=O) groups is 1. The molecule has 0 atom stereocenters. The number of aromatic nitrogens is 2. The minimum absolute atomic E-state index is 0.0774. The van der Waals surface area contributed by atoms with Crippen molar-refractivity contribution in [3.63, 3.8) is 0 Å². The molecule has 1 amide bonds. The number of anilines is 1. The SMILES string of the molecule is O=C(C=Cc1cnc2c(c1)CCCN2)N1CCC(=Cc2ccsn2)CC1. The number of fused-ring (bicyclic) bond motifs is 1. The molecule has 4 heterocycles. The molecule has 134 valence electrons. The standard InChI is InChI=1S/C20H22N4OS/c25-19(4-3-16-12-17-2-1-8-21-20(17)22-14-16)24-9-5-15(6-10-24)13-18-7-11-26-23-18/h3-4,7,11-14H,1-2,5-6,8-10H2,(H,21,22). The number of nitrogens with zero attached hydrogens (tertiary/aromatic N) is 3. The summed E-state index contributed by atoms with van der Waals surface area (Å²) >= 11 is 1.47. The van der Waals surface area contributed by atoms with E-state index in [-0.39, 0.29) is 5.91 Å². The summed E-state index contributed by atoms with van der Waals surface area (Å²) < 4.78 is 4.32. The van der Waals surface area contributed by atoms with Gasteiger partial charge in [0.2, 0.25) is 5.91 Å². The third kappa shape index (κ3) is 4.02. The van der Waals surface area contributed by atoms with E-state index in [0.29, 0.717) is 0 Å². The third-order valence-electron chi connectivity index (χ3n) is 4.85. The zero-order valence-corrected chi connectivity index (χ0v) is 15.5. The lowest BCUT2D eigenvalue weighted by atomic mass is 10.0. The molecule has 0 aromatic carbocycles. The summed E-state index contributed by atoms with van der Waals surface area (Å²) in [4.78, 5) is 18.8. The van der Waals surface area contributed by atoms with E-state index in [2.05, 4.69) is 26.8 Å². The van der Waals surface area contributed by atoms with E-state index in [9.17, 15) is 4.79 Å². The van der Waals surface area contributed by atoms with E-state index >= 15 is 0 Å². The zero-order valence-electron chi connectivity index (χ0n) is 14.6. The maximum absolute atomic E-state index is 12.5. The van der Waals surface area contributed by atoms with Gasteiger partial charge in [0.1, 0.15) is 5.82 Å². The number of piperidine rings is 1. The Morgan fingerprint density at radius 3 is 2.96 bits per heavy atom. The van der Waals surface area contributed by atoms with Crippen LogP contribution in [-0.2, 0) is 11.2 Å². The summed E-state index contributed by atoms with van der Waals surface area (Å²) in [6.45, 7) is 2.53. The number of rotatable bonds is 3. The molecule has 2 aromatic heterocycles. The molecule has 1 fully saturated rings. The molecule has 2 aliphatic heterocycles. The minimum atomic E-state index is 0.0774. The van der Waals surface area contributed by atoms with Gasteiger partial charge in [-0.3, -0.25) is 4.79 Å². The Kier molecular flexibility index (Phi) is 5.11. The van der Waals surface area contributed by atoms with Crippen LogP contribution in [0.25, 0.3) is 12.2 Å². The molecule has 4 rings (SSSR count). The van der Waals surface area contributed by atoms with Gasteiger partial charge in [0.05, 0.1) is 5.69 Å². The van der Waals surface area contributed by atoms with Crippen molar-refractivity contribution < 1.29 is 4.79 Å². The molecule has 0 saturated carbocycles. The molecule has 1 N–H and O–H groups in total. The largest absolute Gasteiger partial charge is 0.370 e. The Balaban J connectivity index is 1.34. The van der Waals surface area contributed by atoms with E-state index in [4.69, 9.17) is 0 Å². The molecule has 5 nitrogen and oxygen atoms in total. The Bertz CT molecular complexity index is 832. The van der Waals surface area contributed by atoms with Gasteiger partial charge >= 0.3 is 0 Å². The van der Waals surface area contributed by atoms with Gasteiger partial charge < -0.3 is 10.2 Å². The predicted octanol–water partition coefficient (Wildman–Crippen LogP) is 3.62. The van der Waals surface area contributed by atoms with Crippen LogP contribution < -0.4 is 5.32 Å². The lowest BCUT2D eigenvalue weighted by Crippen LogP contribution is -2.35. The lowest BCUT2D eigenvalue weighted by Gasteiger charge is -2.27. The van der Waals surface area contributed by atoms with Crippen molar-refractivity contribution >= 4 is 35.4 Å². The van der Waals surface area contributed by atoms with Crippen LogP contribution in [0, 0.1) is 0 Å². The summed E-state index contributed by atoms with van der Waals surface area (Å²) in [5, 5.41) is 5.29. The Morgan fingerprint density at radius 2 is 2.15 bits per heavy atom. The maximum Gasteiger partial charge on any atom is 0.246 e. The van der Waals surface area contributed by atoms with Gasteiger partial charge in [-0.25, -0.2) is 4.98 Å². The monoisotopic (exact) mass is 366 g/mol. The van der Waals surface area contributed by atoms with Crippen molar-refractivity contribution in [1.82, 2.24) is 14.3 Å². The average Bonchev–Trinajstić information content (AvgIpc) is 3.19. The first-order valence-corrected chi connectivity index (χ1v) is 9.91. The van der Waals surface area contributed by atoms with Gasteiger partial charge in [-0.2, -0.15) is 4.37 Å². The minimum Gasteiger partial charge on any atom is -0.370 e. The number of hydrogen-bond donors (Lipinski definition) is 1. The molecule has 0 bridgehead atoms. The second-order valence-electron chi connectivity index (χ2n) is 6.69. The van der Waals surface area contributed by atoms with Crippen molar-refractivity contribution in [2.45, 2.75) is 25.7 Å². The van der Waals surface area contributed by atoms with Gasteiger partial charge in [0.25, 0.3) is 0 Å². The van der Waals surface area contributed by atoms with Crippen molar-refractivity contribution in [3.8, 4) is 0 Å². The highest BCUT2D eigenvalue weighted by atomic mass is 32.1. The first kappa shape index (κ1) is 17.0. The predicted molar refractivity (Wildman–Crippen MR) is 106 cm³/mol. The van der Waals surface area contributed by atoms with E-state index in [1.165, 1.54) is 22.7 Å². The molecule has 1 saturated heterocycles. The summed E-state index contributed by atoms with van der Waals surface area (Å²) in [5.41, 5.74) is 4.62.